The van der Waals surface area contributed by atoms with Gasteiger partial charge in [-0.05, 0) is 25.0 Å². The monoisotopic (exact) mass is 250 g/mol. The molecule has 0 aliphatic carbocycles. The quantitative estimate of drug-likeness (QED) is 0.758. The number of thiocarbonyl (C=S) groups is 1. The summed E-state index contributed by atoms with van der Waals surface area (Å²) in [5, 5.41) is 3.53. The van der Waals surface area contributed by atoms with Crippen molar-refractivity contribution in [1.82, 2.24) is 0 Å². The number of benzene rings is 1. The van der Waals surface area contributed by atoms with Crippen molar-refractivity contribution in [2.24, 2.45) is 11.7 Å². The Balaban J connectivity index is 2.84. The fourth-order valence-corrected chi connectivity index (χ4v) is 2.36. The van der Waals surface area contributed by atoms with E-state index in [1.165, 1.54) is 12.8 Å². The van der Waals surface area contributed by atoms with Gasteiger partial charge in [-0.2, -0.15) is 0 Å². The molecule has 0 fully saturated rings. The lowest BCUT2D eigenvalue weighted by Gasteiger charge is -2.24. The van der Waals surface area contributed by atoms with Crippen LogP contribution in [0.3, 0.4) is 0 Å². The van der Waals surface area contributed by atoms with Crippen LogP contribution in [0.5, 0.6) is 0 Å². The first-order valence-electron chi connectivity index (χ1n) is 6.25. The van der Waals surface area contributed by atoms with Gasteiger partial charge in [0.2, 0.25) is 0 Å². The Hall–Kier alpha value is -1.09. The summed E-state index contributed by atoms with van der Waals surface area (Å²) in [6.07, 6.45) is 2.36. The molecule has 17 heavy (non-hydrogen) atoms. The average molecular weight is 250 g/mol. The van der Waals surface area contributed by atoms with Crippen LogP contribution in [-0.2, 0) is 0 Å². The van der Waals surface area contributed by atoms with Crippen molar-refractivity contribution < 1.29 is 0 Å². The van der Waals surface area contributed by atoms with E-state index in [0.717, 1.165) is 11.3 Å². The van der Waals surface area contributed by atoms with Crippen LogP contribution in [0, 0.1) is 5.92 Å². The highest BCUT2D eigenvalue weighted by Gasteiger charge is 2.14. The molecule has 94 valence electrons. The number of hydrogen-bond donors (Lipinski definition) is 2. The molecule has 0 saturated heterocycles. The molecule has 1 unspecified atom stereocenters. The molecule has 1 rings (SSSR count). The fraction of sp³-hybridized carbons (Fsp3) is 0.500. The van der Waals surface area contributed by atoms with Gasteiger partial charge in [-0.3, -0.25) is 0 Å². The van der Waals surface area contributed by atoms with Gasteiger partial charge in [-0.1, -0.05) is 51.0 Å². The summed E-state index contributed by atoms with van der Waals surface area (Å²) in [6.45, 7) is 6.67. The minimum Gasteiger partial charge on any atom is -0.389 e. The molecule has 0 aliphatic rings. The zero-order chi connectivity index (χ0) is 12.8. The van der Waals surface area contributed by atoms with Crippen molar-refractivity contribution in [3.63, 3.8) is 0 Å². The third-order valence-corrected chi connectivity index (χ3v) is 3.55. The van der Waals surface area contributed by atoms with Gasteiger partial charge >= 0.3 is 0 Å². The second-order valence-corrected chi connectivity index (χ2v) is 4.86. The van der Waals surface area contributed by atoms with Crippen molar-refractivity contribution in [2.45, 2.75) is 39.7 Å². The molecule has 1 aromatic rings. The van der Waals surface area contributed by atoms with Crippen molar-refractivity contribution in [3.05, 3.63) is 29.8 Å². The molecule has 3 N–H and O–H groups in total. The Morgan fingerprint density at radius 2 is 1.88 bits per heavy atom. The molecule has 2 nitrogen and oxygen atoms in total. The summed E-state index contributed by atoms with van der Waals surface area (Å²) in [4.78, 5) is 0.449. The number of para-hydroxylation sites is 1. The zero-order valence-electron chi connectivity index (χ0n) is 10.9. The smallest absolute Gasteiger partial charge is 0.106 e. The third kappa shape index (κ3) is 3.70. The second kappa shape index (κ2) is 6.60. The van der Waals surface area contributed by atoms with Crippen molar-refractivity contribution in [2.75, 3.05) is 5.32 Å². The Bertz CT molecular complexity index is 372. The Kier molecular flexibility index (Phi) is 5.42. The molecule has 0 radical (unpaired) electrons. The van der Waals surface area contributed by atoms with Crippen LogP contribution in [0.4, 0.5) is 5.69 Å². The van der Waals surface area contributed by atoms with Gasteiger partial charge in [0.15, 0.2) is 0 Å². The molecule has 0 aromatic heterocycles. The van der Waals surface area contributed by atoms with E-state index in [2.05, 4.69) is 26.1 Å². The average Bonchev–Trinajstić information content (AvgIpc) is 2.31. The van der Waals surface area contributed by atoms with Crippen LogP contribution in [-0.4, -0.2) is 11.0 Å². The van der Waals surface area contributed by atoms with Crippen LogP contribution >= 0.6 is 12.2 Å². The summed E-state index contributed by atoms with van der Waals surface area (Å²) < 4.78 is 0. The SMILES string of the molecule is CCC(CC)C(C)Nc1ccccc1C(N)=S. The molecule has 1 aromatic carbocycles. The largest absolute Gasteiger partial charge is 0.389 e. The normalized spacial score (nSPS) is 12.5. The molecule has 3 heteroatoms. The number of rotatable bonds is 6. The summed E-state index contributed by atoms with van der Waals surface area (Å²) in [7, 11) is 0. The lowest BCUT2D eigenvalue weighted by Crippen LogP contribution is -2.26. The molecule has 0 bridgehead atoms. The van der Waals surface area contributed by atoms with E-state index in [1.807, 2.05) is 24.3 Å². The molecular weight excluding hydrogens is 228 g/mol. The topological polar surface area (TPSA) is 38.0 Å². The lowest BCUT2D eigenvalue weighted by atomic mass is 9.95. The molecule has 0 spiro atoms. The number of hydrogen-bond acceptors (Lipinski definition) is 2. The Morgan fingerprint density at radius 3 is 2.41 bits per heavy atom. The van der Waals surface area contributed by atoms with Crippen molar-refractivity contribution in [1.29, 1.82) is 0 Å². The van der Waals surface area contributed by atoms with Crippen LogP contribution in [0.25, 0.3) is 0 Å². The van der Waals surface area contributed by atoms with Gasteiger partial charge < -0.3 is 11.1 Å². The Labute approximate surface area is 110 Å². The first-order chi connectivity index (χ1) is 8.10. The molecule has 0 aliphatic heterocycles. The maximum atomic E-state index is 5.72. The van der Waals surface area contributed by atoms with Crippen LogP contribution < -0.4 is 11.1 Å². The number of nitrogens with one attached hydrogen (secondary N) is 1. The zero-order valence-corrected chi connectivity index (χ0v) is 11.7. The molecule has 1 atom stereocenters. The van der Waals surface area contributed by atoms with E-state index < -0.39 is 0 Å². The van der Waals surface area contributed by atoms with E-state index in [1.54, 1.807) is 0 Å². The number of nitrogens with two attached hydrogens (primary N) is 1. The summed E-state index contributed by atoms with van der Waals surface area (Å²) >= 11 is 5.06. The summed E-state index contributed by atoms with van der Waals surface area (Å²) in [6, 6.07) is 8.39. The molecular formula is C14H22N2S. The minimum absolute atomic E-state index is 0.431. The van der Waals surface area contributed by atoms with Crippen LogP contribution in [0.1, 0.15) is 39.2 Å². The van der Waals surface area contributed by atoms with Crippen LogP contribution in [0.15, 0.2) is 24.3 Å². The van der Waals surface area contributed by atoms with Gasteiger partial charge in [-0.25, -0.2) is 0 Å². The maximum absolute atomic E-state index is 5.72. The van der Waals surface area contributed by atoms with E-state index in [-0.39, 0.29) is 0 Å². The highest BCUT2D eigenvalue weighted by Crippen LogP contribution is 2.21. The minimum atomic E-state index is 0.431. The molecule has 0 amide bonds. The predicted molar refractivity (Wildman–Crippen MR) is 79.5 cm³/mol. The van der Waals surface area contributed by atoms with E-state index in [9.17, 15) is 0 Å². The predicted octanol–water partition coefficient (Wildman–Crippen LogP) is 3.56. The van der Waals surface area contributed by atoms with Gasteiger partial charge in [0.1, 0.15) is 4.99 Å². The van der Waals surface area contributed by atoms with Gasteiger partial charge in [0.25, 0.3) is 0 Å². The first kappa shape index (κ1) is 14.0. The van der Waals surface area contributed by atoms with Gasteiger partial charge in [-0.15, -0.1) is 0 Å². The number of anilines is 1. The van der Waals surface area contributed by atoms with Crippen molar-refractivity contribution >= 4 is 22.9 Å². The lowest BCUT2D eigenvalue weighted by molar-refractivity contribution is 0.438. The third-order valence-electron chi connectivity index (χ3n) is 3.33. The highest BCUT2D eigenvalue weighted by atomic mass is 32.1. The van der Waals surface area contributed by atoms with Gasteiger partial charge in [0, 0.05) is 17.3 Å². The second-order valence-electron chi connectivity index (χ2n) is 4.42. The fourth-order valence-electron chi connectivity index (χ4n) is 2.18. The standard InChI is InChI=1S/C14H22N2S/c1-4-11(5-2)10(3)16-13-9-7-6-8-12(13)14(15)17/h6-11,16H,4-5H2,1-3H3,(H2,15,17). The van der Waals surface area contributed by atoms with Crippen LogP contribution in [0.2, 0.25) is 0 Å². The Morgan fingerprint density at radius 1 is 1.29 bits per heavy atom. The highest BCUT2D eigenvalue weighted by molar-refractivity contribution is 7.80. The molecule has 0 heterocycles. The summed E-state index contributed by atoms with van der Waals surface area (Å²) in [5.41, 5.74) is 7.69. The van der Waals surface area contributed by atoms with Crippen molar-refractivity contribution in [3.8, 4) is 0 Å². The van der Waals surface area contributed by atoms with E-state index in [0.29, 0.717) is 16.9 Å². The van der Waals surface area contributed by atoms with E-state index >= 15 is 0 Å². The van der Waals surface area contributed by atoms with Gasteiger partial charge in [0.05, 0.1) is 0 Å². The summed E-state index contributed by atoms with van der Waals surface area (Å²) in [5.74, 6) is 0.675. The molecule has 0 saturated carbocycles. The first-order valence-corrected chi connectivity index (χ1v) is 6.66. The van der Waals surface area contributed by atoms with E-state index in [4.69, 9.17) is 18.0 Å². The maximum Gasteiger partial charge on any atom is 0.106 e.